The zero-order valence-corrected chi connectivity index (χ0v) is 17.1. The van der Waals surface area contributed by atoms with Crippen LogP contribution in [0.2, 0.25) is 0 Å². The summed E-state index contributed by atoms with van der Waals surface area (Å²) in [4.78, 5) is 29.3. The number of rotatable bonds is 5. The van der Waals surface area contributed by atoms with Crippen molar-refractivity contribution in [2.24, 2.45) is 0 Å². The van der Waals surface area contributed by atoms with Crippen molar-refractivity contribution in [2.75, 3.05) is 11.9 Å². The molecule has 7 nitrogen and oxygen atoms in total. The van der Waals surface area contributed by atoms with Crippen molar-refractivity contribution in [2.45, 2.75) is 13.8 Å². The van der Waals surface area contributed by atoms with E-state index in [0.29, 0.717) is 22.8 Å². The Morgan fingerprint density at radius 2 is 1.81 bits per heavy atom. The molecule has 0 bridgehead atoms. The highest BCUT2D eigenvalue weighted by Gasteiger charge is 2.21. The normalized spacial score (nSPS) is 10.9. The summed E-state index contributed by atoms with van der Waals surface area (Å²) >= 11 is 0. The van der Waals surface area contributed by atoms with E-state index < -0.39 is 30.1 Å². The number of esters is 1. The topological polar surface area (TPSA) is 94.3 Å². The Kier molecular flexibility index (Phi) is 5.63. The summed E-state index contributed by atoms with van der Waals surface area (Å²) in [5.41, 5.74) is 2.79. The molecule has 9 heteroatoms. The number of nitrogens with zero attached hydrogens (tertiary/aromatic N) is 2. The first-order chi connectivity index (χ1) is 15.3. The van der Waals surface area contributed by atoms with E-state index in [1.165, 1.54) is 6.07 Å². The van der Waals surface area contributed by atoms with Crippen LogP contribution in [0.5, 0.6) is 0 Å². The molecule has 0 aliphatic heterocycles. The molecule has 32 heavy (non-hydrogen) atoms. The lowest BCUT2D eigenvalue weighted by Gasteiger charge is -2.09. The molecule has 4 rings (SSSR count). The van der Waals surface area contributed by atoms with Gasteiger partial charge >= 0.3 is 5.97 Å². The number of amides is 1. The van der Waals surface area contributed by atoms with Crippen LogP contribution < -0.4 is 5.32 Å². The third kappa shape index (κ3) is 4.31. The SMILES string of the molecule is Cc1ccc(-c2cc(C(=O)OCC(=O)Nc3ccc(F)cc3F)c3c(C)noc3n2)cc1. The van der Waals surface area contributed by atoms with Gasteiger partial charge < -0.3 is 14.6 Å². The minimum absolute atomic E-state index is 0.130. The Morgan fingerprint density at radius 3 is 2.53 bits per heavy atom. The van der Waals surface area contributed by atoms with Crippen LogP contribution in [-0.4, -0.2) is 28.6 Å². The summed E-state index contributed by atoms with van der Waals surface area (Å²) < 4.78 is 37.1. The second kappa shape index (κ2) is 8.54. The highest BCUT2D eigenvalue weighted by Crippen LogP contribution is 2.27. The Morgan fingerprint density at radius 1 is 1.06 bits per heavy atom. The molecular formula is C23H17F2N3O4. The maximum Gasteiger partial charge on any atom is 0.339 e. The molecule has 0 unspecified atom stereocenters. The van der Waals surface area contributed by atoms with E-state index in [0.717, 1.165) is 23.3 Å². The van der Waals surface area contributed by atoms with Crippen molar-refractivity contribution in [1.29, 1.82) is 0 Å². The lowest BCUT2D eigenvalue weighted by atomic mass is 10.0. The lowest BCUT2D eigenvalue weighted by molar-refractivity contribution is -0.119. The van der Waals surface area contributed by atoms with E-state index >= 15 is 0 Å². The minimum atomic E-state index is -0.941. The predicted octanol–water partition coefficient (Wildman–Crippen LogP) is 4.58. The van der Waals surface area contributed by atoms with Gasteiger partial charge in [-0.15, -0.1) is 0 Å². The summed E-state index contributed by atoms with van der Waals surface area (Å²) in [5.74, 6) is -3.30. The molecule has 2 aromatic carbocycles. The van der Waals surface area contributed by atoms with Gasteiger partial charge in [0.15, 0.2) is 6.61 Å². The largest absolute Gasteiger partial charge is 0.452 e. The van der Waals surface area contributed by atoms with Crippen molar-refractivity contribution in [1.82, 2.24) is 10.1 Å². The Hall–Kier alpha value is -4.14. The summed E-state index contributed by atoms with van der Waals surface area (Å²) in [5, 5.41) is 6.46. The van der Waals surface area contributed by atoms with Crippen molar-refractivity contribution in [3.63, 3.8) is 0 Å². The van der Waals surface area contributed by atoms with Crippen LogP contribution in [0, 0.1) is 25.5 Å². The van der Waals surface area contributed by atoms with E-state index in [1.807, 2.05) is 31.2 Å². The van der Waals surface area contributed by atoms with Gasteiger partial charge in [0.25, 0.3) is 11.6 Å². The van der Waals surface area contributed by atoms with Gasteiger partial charge in [-0.25, -0.2) is 18.6 Å². The van der Waals surface area contributed by atoms with Gasteiger partial charge in [0, 0.05) is 11.6 Å². The lowest BCUT2D eigenvalue weighted by Crippen LogP contribution is -2.21. The zero-order valence-electron chi connectivity index (χ0n) is 17.1. The quantitative estimate of drug-likeness (QED) is 0.460. The Bertz CT molecular complexity index is 1330. The molecule has 1 amide bonds. The molecule has 0 spiro atoms. The number of benzene rings is 2. The molecule has 0 atom stereocenters. The molecule has 0 saturated carbocycles. The molecular weight excluding hydrogens is 420 g/mol. The van der Waals surface area contributed by atoms with Gasteiger partial charge in [-0.05, 0) is 32.0 Å². The van der Waals surface area contributed by atoms with Crippen LogP contribution in [0.25, 0.3) is 22.4 Å². The second-order valence-electron chi connectivity index (χ2n) is 7.12. The third-order valence-corrected chi connectivity index (χ3v) is 4.72. The number of pyridine rings is 1. The highest BCUT2D eigenvalue weighted by molar-refractivity contribution is 6.05. The van der Waals surface area contributed by atoms with Crippen molar-refractivity contribution < 1.29 is 27.6 Å². The number of anilines is 1. The first kappa shape index (κ1) is 21.1. The number of hydrogen-bond donors (Lipinski definition) is 1. The first-order valence-electron chi connectivity index (χ1n) is 9.58. The summed E-state index contributed by atoms with van der Waals surface area (Å²) in [7, 11) is 0. The fraction of sp³-hybridized carbons (Fsp3) is 0.130. The molecule has 0 aliphatic rings. The fourth-order valence-corrected chi connectivity index (χ4v) is 3.11. The molecule has 4 aromatic rings. The van der Waals surface area contributed by atoms with E-state index in [4.69, 9.17) is 9.26 Å². The molecule has 1 N–H and O–H groups in total. The standard InChI is InChI=1S/C23H17F2N3O4/c1-12-3-5-14(6-4-12)19-10-16(21-13(2)28-32-22(21)27-19)23(30)31-11-20(29)26-18-8-7-15(24)9-17(18)25/h3-10H,11H2,1-2H3,(H,26,29). The van der Waals surface area contributed by atoms with Gasteiger partial charge in [0.2, 0.25) is 0 Å². The summed E-state index contributed by atoms with van der Waals surface area (Å²) in [6, 6.07) is 11.8. The summed E-state index contributed by atoms with van der Waals surface area (Å²) in [6.45, 7) is 2.93. The number of carbonyl (C=O) groups is 2. The van der Waals surface area contributed by atoms with E-state index in [1.54, 1.807) is 6.92 Å². The second-order valence-corrected chi connectivity index (χ2v) is 7.12. The molecule has 0 radical (unpaired) electrons. The number of carbonyl (C=O) groups excluding carboxylic acids is 2. The minimum Gasteiger partial charge on any atom is -0.452 e. The van der Waals surface area contributed by atoms with Crippen LogP contribution in [0.1, 0.15) is 21.6 Å². The average Bonchev–Trinajstić information content (AvgIpc) is 3.14. The highest BCUT2D eigenvalue weighted by atomic mass is 19.1. The molecule has 0 aliphatic carbocycles. The average molecular weight is 437 g/mol. The number of aromatic nitrogens is 2. The number of fused-ring (bicyclic) bond motifs is 1. The van der Waals surface area contributed by atoms with E-state index in [-0.39, 0.29) is 17.0 Å². The van der Waals surface area contributed by atoms with Gasteiger partial charge in [0.05, 0.1) is 28.0 Å². The Labute approximate surface area is 181 Å². The molecule has 0 fully saturated rings. The van der Waals surface area contributed by atoms with Crippen LogP contribution in [0.3, 0.4) is 0 Å². The van der Waals surface area contributed by atoms with E-state index in [9.17, 15) is 18.4 Å². The zero-order chi connectivity index (χ0) is 22.8. The van der Waals surface area contributed by atoms with Crippen LogP contribution in [0.4, 0.5) is 14.5 Å². The number of hydrogen-bond acceptors (Lipinski definition) is 6. The third-order valence-electron chi connectivity index (χ3n) is 4.72. The number of ether oxygens (including phenoxy) is 1. The molecule has 2 aromatic heterocycles. The summed E-state index contributed by atoms with van der Waals surface area (Å²) in [6.07, 6.45) is 0. The van der Waals surface area contributed by atoms with Crippen LogP contribution >= 0.6 is 0 Å². The van der Waals surface area contributed by atoms with Crippen molar-refractivity contribution >= 4 is 28.7 Å². The van der Waals surface area contributed by atoms with Gasteiger partial charge in [0.1, 0.15) is 11.6 Å². The maximum absolute atomic E-state index is 13.7. The predicted molar refractivity (Wildman–Crippen MR) is 112 cm³/mol. The van der Waals surface area contributed by atoms with Crippen LogP contribution in [0.15, 0.2) is 53.1 Å². The number of nitrogens with one attached hydrogen (secondary N) is 1. The Balaban J connectivity index is 1.56. The first-order valence-corrected chi connectivity index (χ1v) is 9.58. The smallest absolute Gasteiger partial charge is 0.339 e. The molecule has 162 valence electrons. The monoisotopic (exact) mass is 437 g/mol. The number of aryl methyl sites for hydroxylation is 2. The molecule has 2 heterocycles. The van der Waals surface area contributed by atoms with Gasteiger partial charge in [-0.2, -0.15) is 0 Å². The molecule has 0 saturated heterocycles. The van der Waals surface area contributed by atoms with E-state index in [2.05, 4.69) is 15.5 Å². The van der Waals surface area contributed by atoms with Gasteiger partial charge in [-0.1, -0.05) is 35.0 Å². The van der Waals surface area contributed by atoms with Crippen molar-refractivity contribution in [3.05, 3.63) is 77.0 Å². The van der Waals surface area contributed by atoms with Crippen LogP contribution in [-0.2, 0) is 9.53 Å². The van der Waals surface area contributed by atoms with Gasteiger partial charge in [-0.3, -0.25) is 4.79 Å². The fourth-order valence-electron chi connectivity index (χ4n) is 3.11. The van der Waals surface area contributed by atoms with Crippen molar-refractivity contribution in [3.8, 4) is 11.3 Å². The number of halogens is 2. The maximum atomic E-state index is 13.7.